The molecule has 0 unspecified atom stereocenters. The van der Waals surface area contributed by atoms with Crippen molar-refractivity contribution in [2.45, 2.75) is 26.8 Å². The van der Waals surface area contributed by atoms with E-state index in [0.717, 1.165) is 22.3 Å². The Morgan fingerprint density at radius 3 is 2.54 bits per heavy atom. The summed E-state index contributed by atoms with van der Waals surface area (Å²) < 4.78 is 0. The predicted molar refractivity (Wildman–Crippen MR) is 132 cm³/mol. The molecule has 174 valence electrons. The molecular weight excluding hydrogens is 444 g/mol. The number of benzene rings is 3. The van der Waals surface area contributed by atoms with Crippen LogP contribution in [-0.4, -0.2) is 43.4 Å². The molecule has 0 saturated heterocycles. The summed E-state index contributed by atoms with van der Waals surface area (Å²) in [5.41, 5.74) is 5.72. The fraction of sp³-hybridized carbons (Fsp3) is 0.160. The number of phenolic OH excluding ortho intramolecular Hbond substituents is 1. The van der Waals surface area contributed by atoms with Crippen LogP contribution in [0.1, 0.15) is 18.1 Å². The molecule has 5 rings (SSSR count). The number of amides is 1. The number of nitrogens with zero attached hydrogens (tertiary/aromatic N) is 7. The second-order valence-corrected chi connectivity index (χ2v) is 8.27. The first kappa shape index (κ1) is 22.1. The molecule has 2 heterocycles. The number of para-hydroxylation sites is 1. The topological polar surface area (TPSA) is 132 Å². The number of anilines is 1. The molecule has 35 heavy (non-hydrogen) atoms. The molecular formula is C25H22N8O2. The Bertz CT molecular complexity index is 1480. The quantitative estimate of drug-likeness (QED) is 0.410. The van der Waals surface area contributed by atoms with Gasteiger partial charge >= 0.3 is 0 Å². The van der Waals surface area contributed by atoms with Crippen molar-refractivity contribution < 1.29 is 9.90 Å². The third kappa shape index (κ3) is 4.17. The van der Waals surface area contributed by atoms with Gasteiger partial charge in [-0.3, -0.25) is 4.79 Å². The van der Waals surface area contributed by atoms with Gasteiger partial charge in [-0.25, -0.2) is 0 Å². The molecule has 10 heteroatoms. The first-order valence-corrected chi connectivity index (χ1v) is 11.0. The van der Waals surface area contributed by atoms with Crippen molar-refractivity contribution in [2.24, 2.45) is 15.3 Å². The molecule has 0 saturated carbocycles. The average molecular weight is 467 g/mol. The van der Waals surface area contributed by atoms with Crippen molar-refractivity contribution in [1.29, 1.82) is 0 Å². The van der Waals surface area contributed by atoms with Gasteiger partial charge in [0.05, 0.1) is 11.4 Å². The van der Waals surface area contributed by atoms with Gasteiger partial charge in [-0.2, -0.15) is 25.6 Å². The molecule has 0 spiro atoms. The van der Waals surface area contributed by atoms with E-state index >= 15 is 0 Å². The highest BCUT2D eigenvalue weighted by atomic mass is 16.3. The Hall–Kier alpha value is -4.73. The number of azo groups is 1. The van der Waals surface area contributed by atoms with Gasteiger partial charge < -0.3 is 5.11 Å². The minimum Gasteiger partial charge on any atom is -0.505 e. The van der Waals surface area contributed by atoms with Gasteiger partial charge in [0.15, 0.2) is 11.8 Å². The number of aromatic amines is 1. The van der Waals surface area contributed by atoms with E-state index in [1.807, 2.05) is 56.3 Å². The standard InChI is InChI=1S/C25H22N8O2/c1-14-10-11-19(12-15(14)2)33-25(35)22(16(3)30-33)27-26-21-9-5-8-20(23(21)34)17-6-4-7-18(13-17)24-28-31-32-29-24/h4-13,22,34H,1-3H3,(H,28,29,31,32)/t22-/m0/s1. The SMILES string of the molecule is CC1=NN(c2ccc(C)c(C)c2)C(=O)[C@H]1N=Nc1cccc(-c2cccc(-c3nn[nH]n3)c2)c1O. The molecule has 1 amide bonds. The summed E-state index contributed by atoms with van der Waals surface area (Å²) in [4.78, 5) is 13.0. The predicted octanol–water partition coefficient (Wildman–Crippen LogP) is 4.73. The van der Waals surface area contributed by atoms with E-state index in [4.69, 9.17) is 0 Å². The molecule has 1 aliphatic heterocycles. The van der Waals surface area contributed by atoms with E-state index in [1.54, 1.807) is 25.1 Å². The van der Waals surface area contributed by atoms with Crippen LogP contribution in [0.15, 0.2) is 76.0 Å². The van der Waals surface area contributed by atoms with Crippen LogP contribution in [0.25, 0.3) is 22.5 Å². The zero-order chi connectivity index (χ0) is 24.5. The molecule has 0 aliphatic carbocycles. The molecule has 2 N–H and O–H groups in total. The smallest absolute Gasteiger partial charge is 0.280 e. The molecule has 0 radical (unpaired) electrons. The third-order valence-corrected chi connectivity index (χ3v) is 5.90. The summed E-state index contributed by atoms with van der Waals surface area (Å²) in [6.45, 7) is 5.74. The number of hydrazone groups is 1. The molecule has 0 fully saturated rings. The summed E-state index contributed by atoms with van der Waals surface area (Å²) in [6, 6.07) is 17.4. The molecule has 0 bridgehead atoms. The number of phenols is 1. The number of rotatable bonds is 5. The Morgan fingerprint density at radius 2 is 1.77 bits per heavy atom. The van der Waals surface area contributed by atoms with Crippen LogP contribution in [0.4, 0.5) is 11.4 Å². The number of hydrogen-bond acceptors (Lipinski definition) is 8. The lowest BCUT2D eigenvalue weighted by atomic mass is 10.0. The van der Waals surface area contributed by atoms with Crippen LogP contribution in [-0.2, 0) is 4.79 Å². The molecule has 4 aromatic rings. The van der Waals surface area contributed by atoms with Gasteiger partial charge in [0.25, 0.3) is 5.91 Å². The van der Waals surface area contributed by atoms with Gasteiger partial charge in [0, 0.05) is 11.1 Å². The Morgan fingerprint density at radius 1 is 0.971 bits per heavy atom. The van der Waals surface area contributed by atoms with Gasteiger partial charge in [-0.15, -0.1) is 10.2 Å². The van der Waals surface area contributed by atoms with Crippen LogP contribution < -0.4 is 5.01 Å². The molecule has 1 aromatic heterocycles. The number of carbonyl (C=O) groups is 1. The van der Waals surface area contributed by atoms with Crippen LogP contribution in [0, 0.1) is 13.8 Å². The van der Waals surface area contributed by atoms with Crippen LogP contribution in [0.2, 0.25) is 0 Å². The van der Waals surface area contributed by atoms with Gasteiger partial charge in [0.1, 0.15) is 5.69 Å². The average Bonchev–Trinajstić information content (AvgIpc) is 3.49. The maximum atomic E-state index is 13.0. The first-order chi connectivity index (χ1) is 16.9. The molecule has 3 aromatic carbocycles. The summed E-state index contributed by atoms with van der Waals surface area (Å²) in [7, 11) is 0. The van der Waals surface area contributed by atoms with E-state index in [1.165, 1.54) is 5.01 Å². The minimum absolute atomic E-state index is 0.0486. The monoisotopic (exact) mass is 466 g/mol. The van der Waals surface area contributed by atoms with Crippen molar-refractivity contribution in [2.75, 3.05) is 5.01 Å². The maximum absolute atomic E-state index is 13.0. The molecule has 1 atom stereocenters. The largest absolute Gasteiger partial charge is 0.505 e. The van der Waals surface area contributed by atoms with Crippen LogP contribution in [0.3, 0.4) is 0 Å². The number of aromatic hydroxyl groups is 1. The highest BCUT2D eigenvalue weighted by molar-refractivity contribution is 6.18. The number of aromatic nitrogens is 4. The maximum Gasteiger partial charge on any atom is 0.280 e. The Balaban J connectivity index is 1.41. The number of H-pyrrole nitrogens is 1. The summed E-state index contributed by atoms with van der Waals surface area (Å²) in [5, 5.41) is 39.1. The van der Waals surface area contributed by atoms with E-state index < -0.39 is 6.04 Å². The van der Waals surface area contributed by atoms with E-state index in [0.29, 0.717) is 22.8 Å². The fourth-order valence-electron chi connectivity index (χ4n) is 3.81. The van der Waals surface area contributed by atoms with Crippen molar-refractivity contribution in [3.63, 3.8) is 0 Å². The highest BCUT2D eigenvalue weighted by Crippen LogP contribution is 2.38. The van der Waals surface area contributed by atoms with Gasteiger partial charge in [-0.05, 0) is 66.9 Å². The lowest BCUT2D eigenvalue weighted by Gasteiger charge is -2.14. The third-order valence-electron chi connectivity index (χ3n) is 5.90. The number of aryl methyl sites for hydroxylation is 2. The summed E-state index contributed by atoms with van der Waals surface area (Å²) in [6.07, 6.45) is 0. The molecule has 10 nitrogen and oxygen atoms in total. The van der Waals surface area contributed by atoms with Crippen LogP contribution >= 0.6 is 0 Å². The minimum atomic E-state index is -0.860. The van der Waals surface area contributed by atoms with E-state index in [9.17, 15) is 9.90 Å². The van der Waals surface area contributed by atoms with Gasteiger partial charge in [0.2, 0.25) is 5.82 Å². The summed E-state index contributed by atoms with van der Waals surface area (Å²) >= 11 is 0. The van der Waals surface area contributed by atoms with Crippen molar-refractivity contribution in [1.82, 2.24) is 20.6 Å². The zero-order valence-corrected chi connectivity index (χ0v) is 19.3. The Kier molecular flexibility index (Phi) is 5.61. The van der Waals surface area contributed by atoms with Crippen molar-refractivity contribution >= 4 is 23.0 Å². The van der Waals surface area contributed by atoms with Gasteiger partial charge in [-0.1, -0.05) is 36.4 Å². The number of nitrogens with one attached hydrogen (secondary N) is 1. The first-order valence-electron chi connectivity index (χ1n) is 11.0. The fourth-order valence-corrected chi connectivity index (χ4v) is 3.81. The van der Waals surface area contributed by atoms with Crippen molar-refractivity contribution in [3.8, 4) is 28.3 Å². The lowest BCUT2D eigenvalue weighted by molar-refractivity contribution is -0.117. The summed E-state index contributed by atoms with van der Waals surface area (Å²) in [5.74, 6) is 0.107. The van der Waals surface area contributed by atoms with E-state index in [-0.39, 0.29) is 17.3 Å². The highest BCUT2D eigenvalue weighted by Gasteiger charge is 2.35. The molecule has 1 aliphatic rings. The van der Waals surface area contributed by atoms with Crippen molar-refractivity contribution in [3.05, 3.63) is 71.8 Å². The normalized spacial score (nSPS) is 15.7. The Labute approximate surface area is 201 Å². The second-order valence-electron chi connectivity index (χ2n) is 8.27. The number of hydrogen-bond donors (Lipinski definition) is 2. The van der Waals surface area contributed by atoms with E-state index in [2.05, 4.69) is 36.0 Å². The number of carbonyl (C=O) groups excluding carboxylic acids is 1. The van der Waals surface area contributed by atoms with Crippen LogP contribution in [0.5, 0.6) is 5.75 Å². The number of tetrazole rings is 1. The lowest BCUT2D eigenvalue weighted by Crippen LogP contribution is -2.29. The second kappa shape index (κ2) is 8.90. The zero-order valence-electron chi connectivity index (χ0n) is 19.3.